The van der Waals surface area contributed by atoms with Crippen LogP contribution in [0.5, 0.6) is 0 Å². The number of aromatic nitrogens is 2. The number of nitrogens with zero attached hydrogens (tertiary/aromatic N) is 3. The average Bonchev–Trinajstić information content (AvgIpc) is 2.57. The molecular weight excluding hydrogens is 204 g/mol. The Labute approximate surface area is 94.5 Å². The maximum atomic E-state index is 12.1. The lowest BCUT2D eigenvalue weighted by Gasteiger charge is -2.25. The molecule has 5 heteroatoms. The smallest absolute Gasteiger partial charge is 0.276 e. The molecule has 1 amide bonds. The van der Waals surface area contributed by atoms with E-state index < -0.39 is 0 Å². The molecule has 2 rings (SSSR count). The van der Waals surface area contributed by atoms with Crippen LogP contribution in [0.2, 0.25) is 0 Å². The average molecular weight is 220 g/mol. The number of hydrogen-bond donors (Lipinski definition) is 1. The summed E-state index contributed by atoms with van der Waals surface area (Å²) >= 11 is 0. The maximum absolute atomic E-state index is 12.1. The van der Waals surface area contributed by atoms with Gasteiger partial charge < -0.3 is 10.6 Å². The number of anilines is 1. The summed E-state index contributed by atoms with van der Waals surface area (Å²) in [5.41, 5.74) is 7.76. The van der Waals surface area contributed by atoms with Crippen molar-refractivity contribution in [1.29, 1.82) is 0 Å². The molecule has 0 fully saturated rings. The normalized spacial score (nSPS) is 16.1. The molecular formula is C11H16N4O. The van der Waals surface area contributed by atoms with Gasteiger partial charge in [0, 0.05) is 26.3 Å². The van der Waals surface area contributed by atoms with Gasteiger partial charge in [-0.2, -0.15) is 5.10 Å². The number of nitrogen functional groups attached to an aromatic ring is 1. The largest absolute Gasteiger partial charge is 0.396 e. The Kier molecular flexibility index (Phi) is 2.68. The number of carbonyl (C=O) groups is 1. The van der Waals surface area contributed by atoms with Gasteiger partial charge in [0.05, 0.1) is 5.69 Å². The maximum Gasteiger partial charge on any atom is 0.276 e. The van der Waals surface area contributed by atoms with Crippen LogP contribution in [0.25, 0.3) is 0 Å². The first-order valence-corrected chi connectivity index (χ1v) is 5.32. The third-order valence-electron chi connectivity index (χ3n) is 2.68. The van der Waals surface area contributed by atoms with Crippen molar-refractivity contribution in [2.24, 2.45) is 7.05 Å². The summed E-state index contributed by atoms with van der Waals surface area (Å²) in [6.45, 7) is 3.45. The van der Waals surface area contributed by atoms with E-state index in [2.05, 4.69) is 11.2 Å². The van der Waals surface area contributed by atoms with E-state index in [-0.39, 0.29) is 5.91 Å². The highest BCUT2D eigenvalue weighted by Gasteiger charge is 2.22. The molecule has 0 aromatic carbocycles. The summed E-state index contributed by atoms with van der Waals surface area (Å²) in [5.74, 6) is -0.0782. The van der Waals surface area contributed by atoms with E-state index in [0.717, 1.165) is 13.0 Å². The summed E-state index contributed by atoms with van der Waals surface area (Å²) < 4.78 is 1.56. The van der Waals surface area contributed by atoms with Gasteiger partial charge in [0.25, 0.3) is 5.91 Å². The molecule has 86 valence electrons. The number of hydrogen-bond acceptors (Lipinski definition) is 3. The van der Waals surface area contributed by atoms with Crippen LogP contribution in [0, 0.1) is 0 Å². The van der Waals surface area contributed by atoms with E-state index in [1.165, 1.54) is 5.57 Å². The van der Waals surface area contributed by atoms with E-state index >= 15 is 0 Å². The van der Waals surface area contributed by atoms with Crippen molar-refractivity contribution in [3.63, 3.8) is 0 Å². The molecule has 16 heavy (non-hydrogen) atoms. The summed E-state index contributed by atoms with van der Waals surface area (Å²) in [7, 11) is 1.76. The highest BCUT2D eigenvalue weighted by molar-refractivity contribution is 5.97. The number of amides is 1. The van der Waals surface area contributed by atoms with Crippen LogP contribution < -0.4 is 5.73 Å². The van der Waals surface area contributed by atoms with E-state index in [1.54, 1.807) is 22.8 Å². The van der Waals surface area contributed by atoms with Gasteiger partial charge in [0.2, 0.25) is 0 Å². The summed E-state index contributed by atoms with van der Waals surface area (Å²) in [6, 6.07) is 0. The fourth-order valence-corrected chi connectivity index (χ4v) is 1.91. The second kappa shape index (κ2) is 4.00. The first-order chi connectivity index (χ1) is 7.58. The minimum Gasteiger partial charge on any atom is -0.396 e. The molecule has 0 spiro atoms. The molecule has 5 nitrogen and oxygen atoms in total. The third kappa shape index (κ3) is 1.93. The predicted octanol–water partition coefficient (Wildman–Crippen LogP) is 0.795. The van der Waals surface area contributed by atoms with Crippen molar-refractivity contribution in [3.05, 3.63) is 23.5 Å². The summed E-state index contributed by atoms with van der Waals surface area (Å²) in [4.78, 5) is 13.9. The van der Waals surface area contributed by atoms with Gasteiger partial charge in [0.1, 0.15) is 0 Å². The monoisotopic (exact) mass is 220 g/mol. The van der Waals surface area contributed by atoms with Crippen LogP contribution in [-0.2, 0) is 7.05 Å². The molecule has 0 bridgehead atoms. The minimum atomic E-state index is -0.0782. The van der Waals surface area contributed by atoms with Crippen LogP contribution in [0.4, 0.5) is 5.69 Å². The SMILES string of the molecule is CC1=CCCN(C(=O)c2nn(C)cc2N)C1. The molecule has 2 N–H and O–H groups in total. The summed E-state index contributed by atoms with van der Waals surface area (Å²) in [6.07, 6.45) is 4.72. The molecule has 0 saturated carbocycles. The van der Waals surface area contributed by atoms with E-state index in [0.29, 0.717) is 17.9 Å². The molecule has 1 aliphatic heterocycles. The molecule has 0 atom stereocenters. The lowest BCUT2D eigenvalue weighted by molar-refractivity contribution is 0.0760. The van der Waals surface area contributed by atoms with Gasteiger partial charge in [-0.15, -0.1) is 0 Å². The molecule has 0 unspecified atom stereocenters. The van der Waals surface area contributed by atoms with Gasteiger partial charge in [0.15, 0.2) is 5.69 Å². The fraction of sp³-hybridized carbons (Fsp3) is 0.455. The second-order valence-electron chi connectivity index (χ2n) is 4.17. The Morgan fingerprint density at radius 1 is 1.56 bits per heavy atom. The Bertz CT molecular complexity index is 447. The quantitative estimate of drug-likeness (QED) is 0.712. The first-order valence-electron chi connectivity index (χ1n) is 5.32. The van der Waals surface area contributed by atoms with Gasteiger partial charge in [-0.05, 0) is 13.3 Å². The van der Waals surface area contributed by atoms with Crippen molar-refractivity contribution < 1.29 is 4.79 Å². The van der Waals surface area contributed by atoms with Gasteiger partial charge >= 0.3 is 0 Å². The lowest BCUT2D eigenvalue weighted by atomic mass is 10.1. The predicted molar refractivity (Wildman–Crippen MR) is 61.9 cm³/mol. The number of nitrogens with two attached hydrogens (primary N) is 1. The van der Waals surface area contributed by atoms with Crippen molar-refractivity contribution in [3.8, 4) is 0 Å². The molecule has 1 aromatic heterocycles. The molecule has 0 radical (unpaired) electrons. The number of aryl methyl sites for hydroxylation is 1. The van der Waals surface area contributed by atoms with Crippen molar-refractivity contribution in [2.75, 3.05) is 18.8 Å². The minimum absolute atomic E-state index is 0.0782. The Hall–Kier alpha value is -1.78. The fourth-order valence-electron chi connectivity index (χ4n) is 1.91. The van der Waals surface area contributed by atoms with Crippen LogP contribution in [0.3, 0.4) is 0 Å². The van der Waals surface area contributed by atoms with Crippen LogP contribution in [0.15, 0.2) is 17.8 Å². The lowest BCUT2D eigenvalue weighted by Crippen LogP contribution is -2.36. The third-order valence-corrected chi connectivity index (χ3v) is 2.68. The molecule has 1 aromatic rings. The van der Waals surface area contributed by atoms with E-state index in [9.17, 15) is 4.79 Å². The Balaban J connectivity index is 2.19. The van der Waals surface area contributed by atoms with E-state index in [1.807, 2.05) is 6.92 Å². The van der Waals surface area contributed by atoms with Crippen LogP contribution in [-0.4, -0.2) is 33.7 Å². The van der Waals surface area contributed by atoms with Crippen molar-refractivity contribution >= 4 is 11.6 Å². The zero-order valence-electron chi connectivity index (χ0n) is 9.60. The van der Waals surface area contributed by atoms with Crippen molar-refractivity contribution in [2.45, 2.75) is 13.3 Å². The molecule has 0 aliphatic carbocycles. The first kappa shape index (κ1) is 10.7. The van der Waals surface area contributed by atoms with Crippen molar-refractivity contribution in [1.82, 2.24) is 14.7 Å². The molecule has 0 saturated heterocycles. The zero-order valence-corrected chi connectivity index (χ0v) is 9.60. The van der Waals surface area contributed by atoms with Crippen LogP contribution in [0.1, 0.15) is 23.8 Å². The Morgan fingerprint density at radius 2 is 2.31 bits per heavy atom. The number of rotatable bonds is 1. The Morgan fingerprint density at radius 3 is 2.88 bits per heavy atom. The standard InChI is InChI=1S/C11H16N4O/c1-8-4-3-5-15(6-8)11(16)10-9(12)7-14(2)13-10/h4,7H,3,5-6,12H2,1-2H3. The zero-order chi connectivity index (χ0) is 11.7. The van der Waals surface area contributed by atoms with E-state index in [4.69, 9.17) is 5.73 Å². The molecule has 1 aliphatic rings. The highest BCUT2D eigenvalue weighted by atomic mass is 16.2. The number of carbonyl (C=O) groups excluding carboxylic acids is 1. The summed E-state index contributed by atoms with van der Waals surface area (Å²) in [5, 5.41) is 4.09. The van der Waals surface area contributed by atoms with Crippen LogP contribution >= 0.6 is 0 Å². The van der Waals surface area contributed by atoms with Gasteiger partial charge in [-0.25, -0.2) is 0 Å². The van der Waals surface area contributed by atoms with Gasteiger partial charge in [-0.3, -0.25) is 9.48 Å². The highest BCUT2D eigenvalue weighted by Crippen LogP contribution is 2.15. The topological polar surface area (TPSA) is 64.2 Å². The second-order valence-corrected chi connectivity index (χ2v) is 4.17. The van der Waals surface area contributed by atoms with Gasteiger partial charge in [-0.1, -0.05) is 11.6 Å². The molecule has 2 heterocycles.